The molecule has 0 fully saturated rings. The van der Waals surface area contributed by atoms with Gasteiger partial charge in [0.05, 0.1) is 7.11 Å². The number of rotatable bonds is 6. The highest BCUT2D eigenvalue weighted by Crippen LogP contribution is 2.18. The molecule has 0 aromatic heterocycles. The molecule has 0 N–H and O–H groups in total. The lowest BCUT2D eigenvalue weighted by atomic mass is 10.2. The molecular formula is C12H16O3. The highest BCUT2D eigenvalue weighted by molar-refractivity contribution is 5.79. The largest absolute Gasteiger partial charge is 0.497 e. The van der Waals surface area contributed by atoms with Crippen LogP contribution in [0.15, 0.2) is 24.3 Å². The van der Waals surface area contributed by atoms with Gasteiger partial charge in [0.2, 0.25) is 0 Å². The number of ketones is 1. The first-order valence-electron chi connectivity index (χ1n) is 5.04. The third-order valence-electron chi connectivity index (χ3n) is 1.97. The van der Waals surface area contributed by atoms with E-state index < -0.39 is 0 Å². The van der Waals surface area contributed by atoms with E-state index in [0.717, 1.165) is 12.2 Å². The van der Waals surface area contributed by atoms with Gasteiger partial charge in [0, 0.05) is 12.5 Å². The van der Waals surface area contributed by atoms with Crippen molar-refractivity contribution in [3.8, 4) is 11.5 Å². The van der Waals surface area contributed by atoms with Gasteiger partial charge in [-0.1, -0.05) is 13.0 Å². The van der Waals surface area contributed by atoms with Gasteiger partial charge in [0.25, 0.3) is 0 Å². The van der Waals surface area contributed by atoms with Crippen molar-refractivity contribution >= 4 is 5.78 Å². The predicted octanol–water partition coefficient (Wildman–Crippen LogP) is 2.44. The van der Waals surface area contributed by atoms with E-state index in [4.69, 9.17) is 9.47 Å². The molecule has 0 atom stereocenters. The first kappa shape index (κ1) is 11.6. The van der Waals surface area contributed by atoms with E-state index in [1.54, 1.807) is 13.2 Å². The van der Waals surface area contributed by atoms with E-state index in [9.17, 15) is 4.79 Å². The summed E-state index contributed by atoms with van der Waals surface area (Å²) in [5, 5.41) is 0. The highest BCUT2D eigenvalue weighted by Gasteiger charge is 2.02. The summed E-state index contributed by atoms with van der Waals surface area (Å²) in [7, 11) is 1.60. The fourth-order valence-electron chi connectivity index (χ4n) is 1.21. The Hall–Kier alpha value is -1.51. The number of methoxy groups -OCH3 is 1. The van der Waals surface area contributed by atoms with Gasteiger partial charge in [-0.3, -0.25) is 4.79 Å². The van der Waals surface area contributed by atoms with E-state index in [-0.39, 0.29) is 12.4 Å². The van der Waals surface area contributed by atoms with Crippen molar-refractivity contribution in [1.82, 2.24) is 0 Å². The maximum Gasteiger partial charge on any atom is 0.170 e. The lowest BCUT2D eigenvalue weighted by molar-refractivity contribution is -0.121. The van der Waals surface area contributed by atoms with Crippen LogP contribution in [0.2, 0.25) is 0 Å². The highest BCUT2D eigenvalue weighted by atomic mass is 16.5. The lowest BCUT2D eigenvalue weighted by Gasteiger charge is -2.06. The van der Waals surface area contributed by atoms with Crippen molar-refractivity contribution < 1.29 is 14.3 Å². The number of hydrogen-bond acceptors (Lipinski definition) is 3. The van der Waals surface area contributed by atoms with Crippen molar-refractivity contribution in [2.45, 2.75) is 19.8 Å². The summed E-state index contributed by atoms with van der Waals surface area (Å²) in [5.74, 6) is 1.52. The molecule has 0 aliphatic heterocycles. The summed E-state index contributed by atoms with van der Waals surface area (Å²) in [6.07, 6.45) is 1.43. The average Bonchev–Trinajstić information content (AvgIpc) is 2.27. The van der Waals surface area contributed by atoms with Crippen LogP contribution in [0, 0.1) is 0 Å². The molecule has 3 heteroatoms. The average molecular weight is 208 g/mol. The molecule has 0 saturated carbocycles. The normalized spacial score (nSPS) is 9.73. The van der Waals surface area contributed by atoms with Crippen LogP contribution in [0.1, 0.15) is 19.8 Å². The van der Waals surface area contributed by atoms with E-state index in [0.29, 0.717) is 12.2 Å². The van der Waals surface area contributed by atoms with E-state index in [2.05, 4.69) is 0 Å². The van der Waals surface area contributed by atoms with Crippen LogP contribution >= 0.6 is 0 Å². The molecule has 0 amide bonds. The minimum absolute atomic E-state index is 0.125. The van der Waals surface area contributed by atoms with Crippen LogP contribution in [0.5, 0.6) is 11.5 Å². The van der Waals surface area contributed by atoms with Crippen LogP contribution in [-0.4, -0.2) is 19.5 Å². The van der Waals surface area contributed by atoms with Gasteiger partial charge >= 0.3 is 0 Å². The summed E-state index contributed by atoms with van der Waals surface area (Å²) in [6.45, 7) is 2.12. The molecule has 0 radical (unpaired) electrons. The number of carbonyl (C=O) groups excluding carboxylic acids is 1. The fourth-order valence-corrected chi connectivity index (χ4v) is 1.21. The molecule has 0 heterocycles. The quantitative estimate of drug-likeness (QED) is 0.720. The Morgan fingerprint density at radius 1 is 1.33 bits per heavy atom. The number of benzene rings is 1. The van der Waals surface area contributed by atoms with Gasteiger partial charge in [-0.05, 0) is 18.6 Å². The molecular weight excluding hydrogens is 192 g/mol. The standard InChI is InChI=1S/C12H16O3/c1-3-5-10(13)9-15-12-7-4-6-11(8-12)14-2/h4,6-8H,3,5,9H2,1-2H3. The number of hydrogen-bond donors (Lipinski definition) is 0. The molecule has 3 nitrogen and oxygen atoms in total. The molecule has 1 aromatic carbocycles. The SMILES string of the molecule is CCCC(=O)COc1cccc(OC)c1. The topological polar surface area (TPSA) is 35.5 Å². The predicted molar refractivity (Wildman–Crippen MR) is 58.4 cm³/mol. The summed E-state index contributed by atoms with van der Waals surface area (Å²) in [6, 6.07) is 7.24. The minimum atomic E-state index is 0.125. The molecule has 15 heavy (non-hydrogen) atoms. The van der Waals surface area contributed by atoms with Crippen LogP contribution in [0.25, 0.3) is 0 Å². The Balaban J connectivity index is 2.46. The lowest BCUT2D eigenvalue weighted by Crippen LogP contribution is -2.10. The molecule has 0 saturated heterocycles. The van der Waals surface area contributed by atoms with Crippen molar-refractivity contribution in [3.05, 3.63) is 24.3 Å². The van der Waals surface area contributed by atoms with Crippen LogP contribution in [0.4, 0.5) is 0 Å². The van der Waals surface area contributed by atoms with Gasteiger partial charge in [0.1, 0.15) is 18.1 Å². The van der Waals surface area contributed by atoms with E-state index in [1.807, 2.05) is 25.1 Å². The first-order valence-corrected chi connectivity index (χ1v) is 5.04. The van der Waals surface area contributed by atoms with Gasteiger partial charge in [0.15, 0.2) is 5.78 Å². The van der Waals surface area contributed by atoms with Crippen molar-refractivity contribution in [2.75, 3.05) is 13.7 Å². The van der Waals surface area contributed by atoms with Gasteiger partial charge < -0.3 is 9.47 Å². The minimum Gasteiger partial charge on any atom is -0.497 e. The molecule has 1 rings (SSSR count). The summed E-state index contributed by atoms with van der Waals surface area (Å²) in [5.41, 5.74) is 0. The van der Waals surface area contributed by atoms with E-state index >= 15 is 0 Å². The maximum absolute atomic E-state index is 11.2. The van der Waals surface area contributed by atoms with Crippen LogP contribution in [0.3, 0.4) is 0 Å². The zero-order valence-electron chi connectivity index (χ0n) is 9.16. The Kier molecular flexibility index (Phi) is 4.68. The third-order valence-corrected chi connectivity index (χ3v) is 1.97. The maximum atomic E-state index is 11.2. The Bertz CT molecular complexity index is 320. The van der Waals surface area contributed by atoms with Crippen molar-refractivity contribution in [2.24, 2.45) is 0 Å². The Morgan fingerprint density at radius 3 is 2.73 bits per heavy atom. The molecule has 0 aliphatic rings. The number of carbonyl (C=O) groups is 1. The van der Waals surface area contributed by atoms with Crippen LogP contribution in [-0.2, 0) is 4.79 Å². The molecule has 0 aliphatic carbocycles. The zero-order chi connectivity index (χ0) is 11.1. The molecule has 82 valence electrons. The smallest absolute Gasteiger partial charge is 0.170 e. The third kappa shape index (κ3) is 4.02. The number of ether oxygens (including phenoxy) is 2. The zero-order valence-corrected chi connectivity index (χ0v) is 9.16. The molecule has 1 aromatic rings. The monoisotopic (exact) mass is 208 g/mol. The van der Waals surface area contributed by atoms with Crippen molar-refractivity contribution in [3.63, 3.8) is 0 Å². The van der Waals surface area contributed by atoms with E-state index in [1.165, 1.54) is 0 Å². The summed E-state index contributed by atoms with van der Waals surface area (Å²) < 4.78 is 10.4. The van der Waals surface area contributed by atoms with Crippen molar-refractivity contribution in [1.29, 1.82) is 0 Å². The van der Waals surface area contributed by atoms with Gasteiger partial charge in [-0.15, -0.1) is 0 Å². The Morgan fingerprint density at radius 2 is 2.07 bits per heavy atom. The second-order valence-corrected chi connectivity index (χ2v) is 3.26. The second-order valence-electron chi connectivity index (χ2n) is 3.26. The summed E-state index contributed by atoms with van der Waals surface area (Å²) in [4.78, 5) is 11.2. The molecule has 0 spiro atoms. The number of Topliss-reactive ketones (excluding diaryl/α,β-unsaturated/α-hetero) is 1. The molecule has 0 unspecified atom stereocenters. The van der Waals surface area contributed by atoms with Gasteiger partial charge in [-0.2, -0.15) is 0 Å². The molecule has 0 bridgehead atoms. The summed E-state index contributed by atoms with van der Waals surface area (Å²) >= 11 is 0. The Labute approximate surface area is 90.0 Å². The second kappa shape index (κ2) is 6.06. The van der Waals surface area contributed by atoms with Crippen LogP contribution < -0.4 is 9.47 Å². The first-order chi connectivity index (χ1) is 7.26. The fraction of sp³-hybridized carbons (Fsp3) is 0.417. The van der Waals surface area contributed by atoms with Gasteiger partial charge in [-0.25, -0.2) is 0 Å².